The summed E-state index contributed by atoms with van der Waals surface area (Å²) in [6, 6.07) is 1.68. The first-order chi connectivity index (χ1) is 16.9. The van der Waals surface area contributed by atoms with Gasteiger partial charge in [0.15, 0.2) is 34.5 Å². The molecule has 1 saturated heterocycles. The van der Waals surface area contributed by atoms with Crippen molar-refractivity contribution in [2.75, 3.05) is 32.8 Å². The van der Waals surface area contributed by atoms with E-state index in [4.69, 9.17) is 18.6 Å². The third-order valence-electron chi connectivity index (χ3n) is 5.48. The monoisotopic (exact) mass is 488 g/mol. The molecule has 0 unspecified atom stereocenters. The Bertz CT molecular complexity index is 1270. The molecule has 0 bridgehead atoms. The molecular formula is C23H22F2N4O6. The van der Waals surface area contributed by atoms with E-state index in [0.717, 1.165) is 6.07 Å². The fourth-order valence-electron chi connectivity index (χ4n) is 3.69. The minimum absolute atomic E-state index is 0.131. The minimum atomic E-state index is -1.19. The van der Waals surface area contributed by atoms with Crippen LogP contribution in [0.25, 0.3) is 11.1 Å². The number of aromatic nitrogens is 2. The lowest BCUT2D eigenvalue weighted by molar-refractivity contribution is -0.117. The van der Waals surface area contributed by atoms with Gasteiger partial charge in [-0.05, 0) is 12.5 Å². The second kappa shape index (κ2) is 10.1. The van der Waals surface area contributed by atoms with Gasteiger partial charge >= 0.3 is 0 Å². The highest BCUT2D eigenvalue weighted by atomic mass is 19.1. The van der Waals surface area contributed by atoms with Crippen molar-refractivity contribution in [1.29, 1.82) is 0 Å². The number of furan rings is 1. The number of halogens is 2. The summed E-state index contributed by atoms with van der Waals surface area (Å²) in [5.41, 5.74) is -0.525. The lowest BCUT2D eigenvalue weighted by Crippen LogP contribution is -2.52. The molecule has 2 aromatic heterocycles. The van der Waals surface area contributed by atoms with E-state index >= 15 is 0 Å². The molecule has 184 valence electrons. The van der Waals surface area contributed by atoms with Gasteiger partial charge in [0, 0.05) is 18.7 Å². The number of nitrogens with zero attached hydrogens (tertiary/aromatic N) is 2. The second-order valence-corrected chi connectivity index (χ2v) is 7.60. The van der Waals surface area contributed by atoms with Crippen molar-refractivity contribution in [3.8, 4) is 11.5 Å². The highest BCUT2D eigenvalue weighted by Gasteiger charge is 2.30. The Balaban J connectivity index is 1.62. The van der Waals surface area contributed by atoms with E-state index in [1.54, 1.807) is 0 Å². The number of methoxy groups -OCH3 is 2. The zero-order valence-electron chi connectivity index (χ0n) is 18.9. The predicted octanol–water partition coefficient (Wildman–Crippen LogP) is 2.62. The number of hydrogen-bond acceptors (Lipinski definition) is 9. The first kappa shape index (κ1) is 24.1. The van der Waals surface area contributed by atoms with E-state index in [0.29, 0.717) is 19.6 Å². The maximum atomic E-state index is 14.8. The number of amides is 1. The van der Waals surface area contributed by atoms with Gasteiger partial charge in [0.1, 0.15) is 11.1 Å². The van der Waals surface area contributed by atoms with E-state index in [2.05, 4.69) is 27.2 Å². The smallest absolute Gasteiger partial charge is 0.243 e. The fourth-order valence-corrected chi connectivity index (χ4v) is 3.69. The Kier molecular flexibility index (Phi) is 6.92. The number of carbonyl (C=O) groups excluding carboxylic acids is 2. The molecule has 0 aliphatic carbocycles. The Morgan fingerprint density at radius 3 is 2.54 bits per heavy atom. The number of rotatable bonds is 8. The van der Waals surface area contributed by atoms with Gasteiger partial charge in [0.05, 0.1) is 39.1 Å². The summed E-state index contributed by atoms with van der Waals surface area (Å²) in [5, 5.41) is 5.93. The Labute approximate surface area is 198 Å². The first-order valence-corrected chi connectivity index (χ1v) is 10.5. The van der Waals surface area contributed by atoms with Crippen LogP contribution in [0.4, 0.5) is 14.7 Å². The molecule has 0 spiro atoms. The fraction of sp³-hybridized carbons (Fsp3) is 0.304. The highest BCUT2D eigenvalue weighted by molar-refractivity contribution is 6.09. The van der Waals surface area contributed by atoms with E-state index < -0.39 is 23.0 Å². The van der Waals surface area contributed by atoms with Crippen LogP contribution in [0, 0.1) is 11.6 Å². The van der Waals surface area contributed by atoms with Crippen molar-refractivity contribution in [2.24, 2.45) is 0 Å². The molecule has 4 rings (SSSR count). The normalized spacial score (nSPS) is 17.6. The molecule has 35 heavy (non-hydrogen) atoms. The number of hydrogen-bond donors (Lipinski definition) is 2. The van der Waals surface area contributed by atoms with Crippen LogP contribution < -0.4 is 20.1 Å². The molecule has 2 N–H and O–H groups in total. The second-order valence-electron chi connectivity index (χ2n) is 7.60. The van der Waals surface area contributed by atoms with E-state index in [9.17, 15) is 18.4 Å². The van der Waals surface area contributed by atoms with E-state index in [-0.39, 0.29) is 52.3 Å². The summed E-state index contributed by atoms with van der Waals surface area (Å²) in [7, 11) is 2.36. The maximum Gasteiger partial charge on any atom is 0.243 e. The standard InChI is InChI=1S/C23H22F2N4O6/c1-4-18(30)27-11-5-6-34-10-13(11)29-23-26-9-17-12(28-23)7-16(35-17)22(31)19-20(24)14(32-2)8-15(33-3)21(19)25/h4,7-9,11,13H,1,5-6,10H2,2-3H3,(H,27,30)(H,26,28,29)/t11-,13+/m0/s1. The molecule has 1 aliphatic rings. The first-order valence-electron chi connectivity index (χ1n) is 10.5. The van der Waals surface area contributed by atoms with Gasteiger partial charge in [-0.15, -0.1) is 0 Å². The van der Waals surface area contributed by atoms with Crippen molar-refractivity contribution in [3.63, 3.8) is 0 Å². The topological polar surface area (TPSA) is 125 Å². The van der Waals surface area contributed by atoms with Crippen LogP contribution in [-0.4, -0.2) is 61.2 Å². The number of fused-ring (bicyclic) bond motifs is 1. The summed E-state index contributed by atoms with van der Waals surface area (Å²) in [6.45, 7) is 4.23. The molecule has 1 fully saturated rings. The van der Waals surface area contributed by atoms with Gasteiger partial charge in [-0.1, -0.05) is 6.58 Å². The quantitative estimate of drug-likeness (QED) is 0.364. The molecule has 3 aromatic rings. The van der Waals surface area contributed by atoms with E-state index in [1.807, 2.05) is 0 Å². The number of ether oxygens (including phenoxy) is 3. The molecular weight excluding hydrogens is 466 g/mol. The minimum Gasteiger partial charge on any atom is -0.494 e. The Morgan fingerprint density at radius 1 is 1.17 bits per heavy atom. The molecule has 0 radical (unpaired) electrons. The van der Waals surface area contributed by atoms with Crippen LogP contribution in [0.2, 0.25) is 0 Å². The van der Waals surface area contributed by atoms with Crippen LogP contribution in [0.15, 0.2) is 35.4 Å². The van der Waals surface area contributed by atoms with Crippen molar-refractivity contribution >= 4 is 28.7 Å². The van der Waals surface area contributed by atoms with Crippen molar-refractivity contribution in [2.45, 2.75) is 18.5 Å². The summed E-state index contributed by atoms with van der Waals surface area (Å²) in [4.78, 5) is 33.2. The molecule has 1 aliphatic heterocycles. The third kappa shape index (κ3) is 4.78. The lowest BCUT2D eigenvalue weighted by atomic mass is 10.0. The average molecular weight is 488 g/mol. The van der Waals surface area contributed by atoms with Crippen LogP contribution in [0.3, 0.4) is 0 Å². The van der Waals surface area contributed by atoms with Crippen molar-refractivity contribution in [3.05, 3.63) is 53.9 Å². The third-order valence-corrected chi connectivity index (χ3v) is 5.48. The van der Waals surface area contributed by atoms with Gasteiger partial charge in [0.2, 0.25) is 17.6 Å². The van der Waals surface area contributed by atoms with Crippen molar-refractivity contribution < 1.29 is 37.0 Å². The average Bonchev–Trinajstić information content (AvgIpc) is 3.29. The number of nitrogens with one attached hydrogen (secondary N) is 2. The Hall–Kier alpha value is -4.06. The SMILES string of the molecule is C=CC(=O)N[C@H]1CCOC[C@H]1Nc1ncc2oc(C(=O)c3c(F)c(OC)cc(OC)c3F)cc2n1. The zero-order valence-corrected chi connectivity index (χ0v) is 18.9. The van der Waals surface area contributed by atoms with E-state index in [1.165, 1.54) is 32.6 Å². The maximum absolute atomic E-state index is 14.8. The van der Waals surface area contributed by atoms with Gasteiger partial charge in [0.25, 0.3) is 0 Å². The number of carbonyl (C=O) groups is 2. The molecule has 0 saturated carbocycles. The molecule has 10 nitrogen and oxygen atoms in total. The molecule has 1 aromatic carbocycles. The van der Waals surface area contributed by atoms with Gasteiger partial charge in [-0.25, -0.2) is 18.7 Å². The highest BCUT2D eigenvalue weighted by Crippen LogP contribution is 2.33. The van der Waals surface area contributed by atoms with Crippen LogP contribution >= 0.6 is 0 Å². The summed E-state index contributed by atoms with van der Waals surface area (Å²) < 4.78 is 50.2. The van der Waals surface area contributed by atoms with Crippen LogP contribution in [0.1, 0.15) is 22.5 Å². The number of anilines is 1. The molecule has 2 atom stereocenters. The predicted molar refractivity (Wildman–Crippen MR) is 120 cm³/mol. The number of benzene rings is 1. The summed E-state index contributed by atoms with van der Waals surface area (Å²) in [6.07, 6.45) is 3.08. The zero-order chi connectivity index (χ0) is 25.1. The van der Waals surface area contributed by atoms with Crippen LogP contribution in [0.5, 0.6) is 11.5 Å². The summed E-state index contributed by atoms with van der Waals surface area (Å²) in [5.74, 6) is -4.63. The van der Waals surface area contributed by atoms with Crippen LogP contribution in [-0.2, 0) is 9.53 Å². The van der Waals surface area contributed by atoms with Gasteiger partial charge < -0.3 is 29.3 Å². The Morgan fingerprint density at radius 2 is 1.89 bits per heavy atom. The van der Waals surface area contributed by atoms with Gasteiger partial charge in [-0.2, -0.15) is 0 Å². The summed E-state index contributed by atoms with van der Waals surface area (Å²) >= 11 is 0. The van der Waals surface area contributed by atoms with Gasteiger partial charge in [-0.3, -0.25) is 9.59 Å². The van der Waals surface area contributed by atoms with Crippen molar-refractivity contribution in [1.82, 2.24) is 15.3 Å². The lowest BCUT2D eigenvalue weighted by Gasteiger charge is -2.32. The molecule has 12 heteroatoms. The molecule has 1 amide bonds. The largest absolute Gasteiger partial charge is 0.494 e. The molecule has 3 heterocycles. The number of ketones is 1.